The molecule has 1 aromatic carbocycles. The number of rotatable bonds is 5. The van der Waals surface area contributed by atoms with Gasteiger partial charge in [-0.25, -0.2) is 4.39 Å². The zero-order valence-electron chi connectivity index (χ0n) is 10.4. The lowest BCUT2D eigenvalue weighted by molar-refractivity contribution is 0.0901. The van der Waals surface area contributed by atoms with Crippen molar-refractivity contribution < 1.29 is 9.18 Å². The van der Waals surface area contributed by atoms with Gasteiger partial charge in [0.05, 0.1) is 10.6 Å². The minimum atomic E-state index is -0.597. The van der Waals surface area contributed by atoms with Crippen LogP contribution in [0.2, 0.25) is 5.02 Å². The lowest BCUT2D eigenvalue weighted by Gasteiger charge is -2.29. The molecule has 1 N–H and O–H groups in total. The first kappa shape index (κ1) is 15.3. The van der Waals surface area contributed by atoms with Crippen LogP contribution >= 0.6 is 23.2 Å². The summed E-state index contributed by atoms with van der Waals surface area (Å²) >= 11 is 11.5. The highest BCUT2D eigenvalue weighted by atomic mass is 35.5. The largest absolute Gasteiger partial charge is 0.347 e. The Morgan fingerprint density at radius 3 is 2.72 bits per heavy atom. The van der Waals surface area contributed by atoms with E-state index in [4.69, 9.17) is 23.2 Å². The third-order valence-corrected chi connectivity index (χ3v) is 3.61. The van der Waals surface area contributed by atoms with Crippen LogP contribution in [0.4, 0.5) is 4.39 Å². The average molecular weight is 292 g/mol. The summed E-state index contributed by atoms with van der Waals surface area (Å²) in [5.74, 6) is -0.532. The van der Waals surface area contributed by atoms with Crippen LogP contribution in [0.15, 0.2) is 18.2 Å². The van der Waals surface area contributed by atoms with Crippen molar-refractivity contribution in [2.45, 2.75) is 32.2 Å². The van der Waals surface area contributed by atoms with E-state index in [9.17, 15) is 9.18 Å². The quantitative estimate of drug-likeness (QED) is 0.816. The molecule has 18 heavy (non-hydrogen) atoms. The third kappa shape index (κ3) is 3.59. The molecule has 0 spiro atoms. The highest BCUT2D eigenvalue weighted by Crippen LogP contribution is 2.22. The van der Waals surface area contributed by atoms with E-state index in [1.807, 2.05) is 13.8 Å². The lowest BCUT2D eigenvalue weighted by Crippen LogP contribution is -2.46. The zero-order valence-corrected chi connectivity index (χ0v) is 11.9. The van der Waals surface area contributed by atoms with E-state index >= 15 is 0 Å². The number of amides is 1. The van der Waals surface area contributed by atoms with Crippen LogP contribution in [0.5, 0.6) is 0 Å². The van der Waals surface area contributed by atoms with Crippen molar-refractivity contribution in [1.82, 2.24) is 5.32 Å². The number of carbonyl (C=O) groups is 1. The molecule has 100 valence electrons. The fourth-order valence-corrected chi connectivity index (χ4v) is 2.19. The summed E-state index contributed by atoms with van der Waals surface area (Å²) in [5.41, 5.74) is -0.264. The third-order valence-electron chi connectivity index (χ3n) is 3.04. The van der Waals surface area contributed by atoms with E-state index in [2.05, 4.69) is 5.32 Å². The number of nitrogens with one attached hydrogen (secondary N) is 1. The summed E-state index contributed by atoms with van der Waals surface area (Å²) in [6.45, 7) is 3.86. The Morgan fingerprint density at radius 1 is 1.50 bits per heavy atom. The molecule has 5 heteroatoms. The number of alkyl halides is 1. The predicted molar refractivity (Wildman–Crippen MR) is 72.9 cm³/mol. The predicted octanol–water partition coefficient (Wildman–Crippen LogP) is 4.01. The van der Waals surface area contributed by atoms with Gasteiger partial charge in [0.25, 0.3) is 5.91 Å². The Hall–Kier alpha value is -0.800. The molecule has 0 aromatic heterocycles. The van der Waals surface area contributed by atoms with E-state index in [-0.39, 0.29) is 16.5 Å². The molecule has 0 heterocycles. The van der Waals surface area contributed by atoms with Gasteiger partial charge in [0, 0.05) is 11.4 Å². The van der Waals surface area contributed by atoms with Crippen LogP contribution in [-0.4, -0.2) is 17.3 Å². The Balaban J connectivity index is 2.91. The molecule has 1 unspecified atom stereocenters. The second-order valence-electron chi connectivity index (χ2n) is 4.41. The van der Waals surface area contributed by atoms with E-state index in [1.54, 1.807) is 0 Å². The van der Waals surface area contributed by atoms with Gasteiger partial charge in [0.15, 0.2) is 0 Å². The first-order valence-corrected chi connectivity index (χ1v) is 6.67. The maximum Gasteiger partial charge on any atom is 0.253 e. The van der Waals surface area contributed by atoms with Crippen LogP contribution < -0.4 is 5.32 Å². The Bertz CT molecular complexity index is 439. The van der Waals surface area contributed by atoms with Crippen molar-refractivity contribution in [3.8, 4) is 0 Å². The van der Waals surface area contributed by atoms with Gasteiger partial charge in [0.1, 0.15) is 5.82 Å². The highest BCUT2D eigenvalue weighted by Gasteiger charge is 2.25. The second-order valence-corrected chi connectivity index (χ2v) is 5.16. The average Bonchev–Trinajstić information content (AvgIpc) is 2.32. The number of hydrogen-bond donors (Lipinski definition) is 1. The molecule has 1 aromatic rings. The molecule has 0 saturated carbocycles. The van der Waals surface area contributed by atoms with Gasteiger partial charge in [-0.05, 0) is 31.9 Å². The fourth-order valence-electron chi connectivity index (χ4n) is 1.56. The zero-order chi connectivity index (χ0) is 13.8. The molecule has 0 bridgehead atoms. The van der Waals surface area contributed by atoms with E-state index in [0.717, 1.165) is 6.42 Å². The number of halogens is 3. The lowest BCUT2D eigenvalue weighted by atomic mass is 9.95. The molecule has 0 aliphatic heterocycles. The van der Waals surface area contributed by atoms with Crippen LogP contribution in [-0.2, 0) is 0 Å². The fraction of sp³-hybridized carbons (Fsp3) is 0.462. The standard InChI is InChI=1S/C13H16Cl2FNO/c1-3-13(2,7-8-14)17-12(18)9-5-4-6-10(16)11(9)15/h4-6H,3,7-8H2,1-2H3,(H,17,18). The van der Waals surface area contributed by atoms with Crippen LogP contribution in [0.25, 0.3) is 0 Å². The second kappa shape index (κ2) is 6.39. The van der Waals surface area contributed by atoms with Gasteiger partial charge in [-0.1, -0.05) is 24.6 Å². The minimum Gasteiger partial charge on any atom is -0.347 e. The first-order chi connectivity index (χ1) is 8.43. The Labute approximate surface area is 116 Å². The van der Waals surface area contributed by atoms with Crippen LogP contribution in [0, 0.1) is 5.82 Å². The number of hydrogen-bond acceptors (Lipinski definition) is 1. The SMILES string of the molecule is CCC(C)(CCCl)NC(=O)c1cccc(F)c1Cl. The Morgan fingerprint density at radius 2 is 2.17 bits per heavy atom. The molecular weight excluding hydrogens is 276 g/mol. The van der Waals surface area contributed by atoms with Crippen molar-refractivity contribution in [1.29, 1.82) is 0 Å². The molecular formula is C13H16Cl2FNO. The summed E-state index contributed by atoms with van der Waals surface area (Å²) < 4.78 is 13.3. The normalized spacial score (nSPS) is 14.1. The molecule has 0 aliphatic carbocycles. The van der Waals surface area contributed by atoms with Gasteiger partial charge in [0.2, 0.25) is 0 Å². The summed E-state index contributed by atoms with van der Waals surface area (Å²) in [5, 5.41) is 2.70. The molecule has 1 atom stereocenters. The molecule has 1 amide bonds. The molecule has 0 radical (unpaired) electrons. The van der Waals surface area contributed by atoms with Gasteiger partial charge in [-0.2, -0.15) is 0 Å². The minimum absolute atomic E-state index is 0.144. The van der Waals surface area contributed by atoms with Gasteiger partial charge >= 0.3 is 0 Å². The van der Waals surface area contributed by atoms with E-state index in [1.165, 1.54) is 18.2 Å². The highest BCUT2D eigenvalue weighted by molar-refractivity contribution is 6.34. The topological polar surface area (TPSA) is 29.1 Å². The summed E-state index contributed by atoms with van der Waals surface area (Å²) in [6.07, 6.45) is 1.38. The van der Waals surface area contributed by atoms with Gasteiger partial charge in [-0.15, -0.1) is 11.6 Å². The van der Waals surface area contributed by atoms with Crippen LogP contribution in [0.3, 0.4) is 0 Å². The molecule has 0 saturated heterocycles. The summed E-state index contributed by atoms with van der Waals surface area (Å²) in [7, 11) is 0. The van der Waals surface area contributed by atoms with Crippen molar-refractivity contribution >= 4 is 29.1 Å². The van der Waals surface area contributed by atoms with Gasteiger partial charge in [-0.3, -0.25) is 4.79 Å². The molecule has 0 fully saturated rings. The maximum absolute atomic E-state index is 13.3. The van der Waals surface area contributed by atoms with Crippen molar-refractivity contribution in [3.05, 3.63) is 34.6 Å². The van der Waals surface area contributed by atoms with E-state index < -0.39 is 11.4 Å². The number of carbonyl (C=O) groups excluding carboxylic acids is 1. The molecule has 0 aliphatic rings. The smallest absolute Gasteiger partial charge is 0.253 e. The summed E-state index contributed by atoms with van der Waals surface area (Å²) in [4.78, 5) is 12.1. The monoisotopic (exact) mass is 291 g/mol. The van der Waals surface area contributed by atoms with Crippen molar-refractivity contribution in [2.24, 2.45) is 0 Å². The van der Waals surface area contributed by atoms with Crippen molar-refractivity contribution in [2.75, 3.05) is 5.88 Å². The van der Waals surface area contributed by atoms with Crippen molar-refractivity contribution in [3.63, 3.8) is 0 Å². The molecule has 2 nitrogen and oxygen atoms in total. The molecule has 1 rings (SSSR count). The number of benzene rings is 1. The van der Waals surface area contributed by atoms with Gasteiger partial charge < -0.3 is 5.32 Å². The summed E-state index contributed by atoms with van der Waals surface area (Å²) in [6, 6.07) is 4.18. The Kier molecular flexibility index (Phi) is 5.42. The van der Waals surface area contributed by atoms with E-state index in [0.29, 0.717) is 12.3 Å². The maximum atomic E-state index is 13.3. The van der Waals surface area contributed by atoms with Crippen LogP contribution in [0.1, 0.15) is 37.0 Å². The first-order valence-electron chi connectivity index (χ1n) is 5.76.